The number of hydrogen-bond acceptors (Lipinski definition) is 5. The average molecular weight is 427 g/mol. The lowest BCUT2D eigenvalue weighted by Gasteiger charge is -2.12. The number of benzene rings is 2. The highest BCUT2D eigenvalue weighted by Gasteiger charge is 2.22. The second-order valence-corrected chi connectivity index (χ2v) is 8.65. The summed E-state index contributed by atoms with van der Waals surface area (Å²) in [7, 11) is 0. The molecule has 1 unspecified atom stereocenters. The van der Waals surface area contributed by atoms with E-state index in [1.165, 1.54) is 5.56 Å². The van der Waals surface area contributed by atoms with Gasteiger partial charge in [0, 0.05) is 18.0 Å². The summed E-state index contributed by atoms with van der Waals surface area (Å²) in [5.74, 6) is 1.09. The molecule has 4 N–H and O–H groups in total. The van der Waals surface area contributed by atoms with Crippen LogP contribution in [-0.2, 0) is 6.42 Å². The molecule has 0 aliphatic heterocycles. The van der Waals surface area contributed by atoms with Crippen molar-refractivity contribution in [2.75, 3.05) is 0 Å². The molecule has 0 spiro atoms. The third kappa shape index (κ3) is 4.04. The number of nitrogen functional groups attached to an aromatic ring is 1. The lowest BCUT2D eigenvalue weighted by molar-refractivity contribution is 0.636. The predicted octanol–water partition coefficient (Wildman–Crippen LogP) is 5.01. The normalized spacial score (nSPS) is 12.4. The number of rotatable bonds is 7. The zero-order chi connectivity index (χ0) is 21.2. The molecular formula is C24H22N6S. The van der Waals surface area contributed by atoms with Crippen molar-refractivity contribution in [1.82, 2.24) is 19.9 Å². The minimum absolute atomic E-state index is 0.0723. The van der Waals surface area contributed by atoms with Crippen LogP contribution in [0.4, 0.5) is 0 Å². The van der Waals surface area contributed by atoms with E-state index >= 15 is 0 Å². The largest absolute Gasteiger partial charge is 0.384 e. The van der Waals surface area contributed by atoms with Gasteiger partial charge in [-0.15, -0.1) is 11.3 Å². The Labute approximate surface area is 183 Å². The minimum atomic E-state index is 0.0723. The summed E-state index contributed by atoms with van der Waals surface area (Å²) in [4.78, 5) is 17.4. The summed E-state index contributed by atoms with van der Waals surface area (Å²) in [5, 5.41) is 8.75. The van der Waals surface area contributed by atoms with Crippen LogP contribution in [0.3, 0.4) is 0 Å². The first-order valence-electron chi connectivity index (χ1n) is 10.3. The number of amidine groups is 1. The first-order chi connectivity index (χ1) is 15.2. The number of nitrogens with zero attached hydrogens (tertiary/aromatic N) is 3. The SMILES string of the molecule is N=C(N)c1ccc2nc(C(CCCc3ccncc3)c3nc4ccccc4[nH]3)sc2c1. The molecular weight excluding hydrogens is 404 g/mol. The molecule has 5 aromatic rings. The molecule has 7 heteroatoms. The van der Waals surface area contributed by atoms with Crippen LogP contribution in [-0.4, -0.2) is 25.8 Å². The number of fused-ring (bicyclic) bond motifs is 2. The van der Waals surface area contributed by atoms with E-state index in [0.717, 1.165) is 56.9 Å². The summed E-state index contributed by atoms with van der Waals surface area (Å²) in [6.45, 7) is 0. The van der Waals surface area contributed by atoms with Gasteiger partial charge in [0.05, 0.1) is 27.2 Å². The molecule has 5 rings (SSSR count). The van der Waals surface area contributed by atoms with E-state index in [2.05, 4.69) is 28.2 Å². The van der Waals surface area contributed by atoms with Crippen molar-refractivity contribution < 1.29 is 0 Å². The van der Waals surface area contributed by atoms with Crippen molar-refractivity contribution in [3.05, 3.63) is 88.9 Å². The number of hydrogen-bond donors (Lipinski definition) is 3. The van der Waals surface area contributed by atoms with Crippen LogP contribution in [0.2, 0.25) is 0 Å². The summed E-state index contributed by atoms with van der Waals surface area (Å²) in [5.41, 5.74) is 10.6. The van der Waals surface area contributed by atoms with Crippen LogP contribution < -0.4 is 5.73 Å². The maximum absolute atomic E-state index is 7.71. The van der Waals surface area contributed by atoms with Gasteiger partial charge in [0.2, 0.25) is 0 Å². The van der Waals surface area contributed by atoms with Crippen LogP contribution in [0.1, 0.15) is 40.7 Å². The van der Waals surface area contributed by atoms with Gasteiger partial charge in [-0.05, 0) is 67.3 Å². The minimum Gasteiger partial charge on any atom is -0.384 e. The predicted molar refractivity (Wildman–Crippen MR) is 126 cm³/mol. The van der Waals surface area contributed by atoms with Gasteiger partial charge in [0.25, 0.3) is 0 Å². The van der Waals surface area contributed by atoms with Gasteiger partial charge >= 0.3 is 0 Å². The third-order valence-corrected chi connectivity index (χ3v) is 6.59. The standard InChI is InChI=1S/C24H22N6S/c25-22(26)16-8-9-20-21(14-16)31-24(30-20)17(5-3-4-15-10-12-27-13-11-15)23-28-18-6-1-2-7-19(18)29-23/h1-2,6-14,17H,3-5H2,(H3,25,26)(H,28,29). The van der Waals surface area contributed by atoms with E-state index in [1.54, 1.807) is 11.3 Å². The molecule has 3 aromatic heterocycles. The number of aryl methyl sites for hydroxylation is 1. The molecule has 0 fully saturated rings. The Morgan fingerprint density at radius 2 is 1.87 bits per heavy atom. The van der Waals surface area contributed by atoms with E-state index < -0.39 is 0 Å². The molecule has 0 amide bonds. The van der Waals surface area contributed by atoms with Gasteiger partial charge in [-0.25, -0.2) is 9.97 Å². The molecule has 154 valence electrons. The molecule has 1 atom stereocenters. The fourth-order valence-corrected chi connectivity index (χ4v) is 4.98. The van der Waals surface area contributed by atoms with Gasteiger partial charge in [0.15, 0.2) is 0 Å². The van der Waals surface area contributed by atoms with Crippen molar-refractivity contribution in [3.8, 4) is 0 Å². The number of H-pyrrole nitrogens is 1. The van der Waals surface area contributed by atoms with E-state index in [-0.39, 0.29) is 11.8 Å². The molecule has 31 heavy (non-hydrogen) atoms. The first kappa shape index (κ1) is 19.4. The smallest absolute Gasteiger partial charge is 0.122 e. The quantitative estimate of drug-likeness (QED) is 0.251. The maximum atomic E-state index is 7.71. The Balaban J connectivity index is 1.49. The number of pyridine rings is 1. The zero-order valence-corrected chi connectivity index (χ0v) is 17.7. The number of para-hydroxylation sites is 2. The van der Waals surface area contributed by atoms with Crippen molar-refractivity contribution in [2.45, 2.75) is 25.2 Å². The second-order valence-electron chi connectivity index (χ2n) is 7.59. The van der Waals surface area contributed by atoms with E-state index in [0.29, 0.717) is 0 Å². The molecule has 0 saturated carbocycles. The Bertz CT molecular complexity index is 1320. The molecule has 0 bridgehead atoms. The Morgan fingerprint density at radius 3 is 2.68 bits per heavy atom. The highest BCUT2D eigenvalue weighted by atomic mass is 32.1. The number of thiazole rings is 1. The van der Waals surface area contributed by atoms with Crippen molar-refractivity contribution in [1.29, 1.82) is 5.41 Å². The number of aromatic amines is 1. The summed E-state index contributed by atoms with van der Waals surface area (Å²) in [6, 6.07) is 18.0. The van der Waals surface area contributed by atoms with Crippen molar-refractivity contribution in [2.24, 2.45) is 5.73 Å². The van der Waals surface area contributed by atoms with Crippen LogP contribution in [0.5, 0.6) is 0 Å². The van der Waals surface area contributed by atoms with Gasteiger partial charge in [-0.1, -0.05) is 12.1 Å². The van der Waals surface area contributed by atoms with E-state index in [9.17, 15) is 0 Å². The van der Waals surface area contributed by atoms with Gasteiger partial charge in [-0.2, -0.15) is 0 Å². The van der Waals surface area contributed by atoms with Gasteiger partial charge < -0.3 is 10.7 Å². The average Bonchev–Trinajstić information content (AvgIpc) is 3.40. The summed E-state index contributed by atoms with van der Waals surface area (Å²) in [6.07, 6.45) is 6.61. The van der Waals surface area contributed by atoms with Crippen molar-refractivity contribution >= 4 is 38.4 Å². The molecule has 0 aliphatic carbocycles. The monoisotopic (exact) mass is 426 g/mol. The Morgan fingerprint density at radius 1 is 1.03 bits per heavy atom. The van der Waals surface area contributed by atoms with Crippen LogP contribution in [0.15, 0.2) is 67.0 Å². The lowest BCUT2D eigenvalue weighted by Crippen LogP contribution is -2.10. The number of aromatic nitrogens is 4. The van der Waals surface area contributed by atoms with Crippen molar-refractivity contribution in [3.63, 3.8) is 0 Å². The molecule has 2 aromatic carbocycles. The topological polar surface area (TPSA) is 104 Å². The molecule has 6 nitrogen and oxygen atoms in total. The molecule has 0 aliphatic rings. The zero-order valence-electron chi connectivity index (χ0n) is 16.9. The first-order valence-corrected chi connectivity index (χ1v) is 11.1. The molecule has 0 saturated heterocycles. The summed E-state index contributed by atoms with van der Waals surface area (Å²) < 4.78 is 1.04. The van der Waals surface area contributed by atoms with Crippen LogP contribution in [0, 0.1) is 5.41 Å². The van der Waals surface area contributed by atoms with Gasteiger partial charge in [-0.3, -0.25) is 10.4 Å². The number of imidazole rings is 1. The third-order valence-electron chi connectivity index (χ3n) is 5.46. The highest BCUT2D eigenvalue weighted by molar-refractivity contribution is 7.18. The van der Waals surface area contributed by atoms with Crippen LogP contribution in [0.25, 0.3) is 21.3 Å². The Kier molecular flexibility index (Phi) is 5.18. The molecule has 0 radical (unpaired) electrons. The molecule has 3 heterocycles. The van der Waals surface area contributed by atoms with E-state index in [4.69, 9.17) is 21.1 Å². The maximum Gasteiger partial charge on any atom is 0.122 e. The Hall–Kier alpha value is -3.58. The van der Waals surface area contributed by atoms with Gasteiger partial charge in [0.1, 0.15) is 16.7 Å². The summed E-state index contributed by atoms with van der Waals surface area (Å²) >= 11 is 1.65. The fraction of sp³-hybridized carbons (Fsp3) is 0.167. The second kappa shape index (κ2) is 8.28. The van der Waals surface area contributed by atoms with Crippen LogP contribution >= 0.6 is 11.3 Å². The fourth-order valence-electron chi connectivity index (χ4n) is 3.83. The van der Waals surface area contributed by atoms with E-state index in [1.807, 2.05) is 48.8 Å². The highest BCUT2D eigenvalue weighted by Crippen LogP contribution is 2.35. The lowest BCUT2D eigenvalue weighted by atomic mass is 9.99. The number of nitrogens with two attached hydrogens (primary N) is 1. The number of nitrogens with one attached hydrogen (secondary N) is 2.